The second kappa shape index (κ2) is 11.6. The van der Waals surface area contributed by atoms with Crippen molar-refractivity contribution >= 4 is 23.2 Å². The summed E-state index contributed by atoms with van der Waals surface area (Å²) in [7, 11) is 6.20. The minimum atomic E-state index is -0.270. The Morgan fingerprint density at radius 1 is 0.703 bits per heavy atom. The molecule has 4 rings (SSSR count). The first-order valence-electron chi connectivity index (χ1n) is 11.9. The number of amides is 2. The van der Waals surface area contributed by atoms with Crippen molar-refractivity contribution in [2.45, 2.75) is 0 Å². The molecule has 1 heterocycles. The Morgan fingerprint density at radius 2 is 1.32 bits per heavy atom. The predicted molar refractivity (Wildman–Crippen MR) is 142 cm³/mol. The van der Waals surface area contributed by atoms with Gasteiger partial charge in [0.2, 0.25) is 0 Å². The van der Waals surface area contributed by atoms with E-state index in [1.807, 2.05) is 29.2 Å². The molecule has 9 nitrogen and oxygen atoms in total. The largest absolute Gasteiger partial charge is 0.497 e. The fourth-order valence-electron chi connectivity index (χ4n) is 4.22. The first kappa shape index (κ1) is 25.7. The highest BCUT2D eigenvalue weighted by Crippen LogP contribution is 2.27. The number of rotatable bonds is 8. The molecule has 1 saturated heterocycles. The molecule has 37 heavy (non-hydrogen) atoms. The molecule has 0 bridgehead atoms. The van der Waals surface area contributed by atoms with Crippen molar-refractivity contribution in [1.82, 2.24) is 4.90 Å². The van der Waals surface area contributed by atoms with Crippen LogP contribution in [0.2, 0.25) is 0 Å². The molecule has 1 N–H and O–H groups in total. The van der Waals surface area contributed by atoms with Crippen molar-refractivity contribution in [3.8, 4) is 23.0 Å². The van der Waals surface area contributed by atoms with Crippen LogP contribution in [-0.2, 0) is 0 Å². The number of hydrogen-bond donors (Lipinski definition) is 1. The third-order valence-electron chi connectivity index (χ3n) is 6.31. The molecular formula is C28H31N3O6. The van der Waals surface area contributed by atoms with Crippen LogP contribution in [0, 0.1) is 0 Å². The first-order chi connectivity index (χ1) is 17.9. The van der Waals surface area contributed by atoms with Crippen LogP contribution in [0.3, 0.4) is 0 Å². The number of carbonyl (C=O) groups excluding carboxylic acids is 2. The highest BCUT2D eigenvalue weighted by molar-refractivity contribution is 6.06. The maximum absolute atomic E-state index is 13.1. The van der Waals surface area contributed by atoms with Gasteiger partial charge in [-0.1, -0.05) is 0 Å². The van der Waals surface area contributed by atoms with Crippen LogP contribution in [0.15, 0.2) is 60.7 Å². The van der Waals surface area contributed by atoms with Gasteiger partial charge in [-0.3, -0.25) is 9.59 Å². The van der Waals surface area contributed by atoms with Gasteiger partial charge < -0.3 is 34.1 Å². The van der Waals surface area contributed by atoms with E-state index in [9.17, 15) is 9.59 Å². The number of hydrogen-bond acceptors (Lipinski definition) is 7. The number of anilines is 2. The minimum Gasteiger partial charge on any atom is -0.497 e. The van der Waals surface area contributed by atoms with Gasteiger partial charge in [0.15, 0.2) is 0 Å². The first-order valence-corrected chi connectivity index (χ1v) is 11.9. The molecular weight excluding hydrogens is 474 g/mol. The van der Waals surface area contributed by atoms with Crippen molar-refractivity contribution < 1.29 is 28.5 Å². The van der Waals surface area contributed by atoms with E-state index in [0.717, 1.165) is 5.69 Å². The van der Waals surface area contributed by atoms with Gasteiger partial charge in [0.25, 0.3) is 11.8 Å². The van der Waals surface area contributed by atoms with Crippen LogP contribution in [0.4, 0.5) is 11.4 Å². The fourth-order valence-corrected chi connectivity index (χ4v) is 4.22. The molecule has 194 valence electrons. The van der Waals surface area contributed by atoms with E-state index in [4.69, 9.17) is 18.9 Å². The van der Waals surface area contributed by atoms with E-state index in [0.29, 0.717) is 66.0 Å². The van der Waals surface area contributed by atoms with E-state index < -0.39 is 0 Å². The summed E-state index contributed by atoms with van der Waals surface area (Å²) in [5, 5.41) is 2.91. The molecule has 2 amide bonds. The quantitative estimate of drug-likeness (QED) is 0.496. The van der Waals surface area contributed by atoms with E-state index in [1.54, 1.807) is 57.7 Å². The summed E-state index contributed by atoms with van der Waals surface area (Å²) >= 11 is 0. The summed E-state index contributed by atoms with van der Waals surface area (Å²) in [5.74, 6) is 1.89. The van der Waals surface area contributed by atoms with E-state index in [2.05, 4.69) is 10.2 Å². The lowest BCUT2D eigenvalue weighted by Gasteiger charge is -2.36. The summed E-state index contributed by atoms with van der Waals surface area (Å²) in [6, 6.07) is 17.9. The number of nitrogens with one attached hydrogen (secondary N) is 1. The van der Waals surface area contributed by atoms with Gasteiger partial charge in [-0.15, -0.1) is 0 Å². The second-order valence-electron chi connectivity index (χ2n) is 8.45. The average Bonchev–Trinajstić information content (AvgIpc) is 2.96. The van der Waals surface area contributed by atoms with E-state index in [1.165, 1.54) is 7.11 Å². The summed E-state index contributed by atoms with van der Waals surface area (Å²) < 4.78 is 21.1. The molecule has 0 aromatic heterocycles. The molecule has 1 aliphatic heterocycles. The molecule has 0 radical (unpaired) electrons. The van der Waals surface area contributed by atoms with Gasteiger partial charge in [-0.05, 0) is 48.5 Å². The summed E-state index contributed by atoms with van der Waals surface area (Å²) in [6.45, 7) is 2.57. The summed E-state index contributed by atoms with van der Waals surface area (Å²) in [6.07, 6.45) is 0. The zero-order chi connectivity index (χ0) is 26.4. The Labute approximate surface area is 216 Å². The van der Waals surface area contributed by atoms with Crippen LogP contribution < -0.4 is 29.2 Å². The Kier molecular flexibility index (Phi) is 8.02. The van der Waals surface area contributed by atoms with Gasteiger partial charge in [-0.25, -0.2) is 0 Å². The molecule has 3 aromatic rings. The number of piperazine rings is 1. The zero-order valence-corrected chi connectivity index (χ0v) is 21.4. The second-order valence-corrected chi connectivity index (χ2v) is 8.45. The van der Waals surface area contributed by atoms with Crippen LogP contribution in [0.5, 0.6) is 23.0 Å². The number of methoxy groups -OCH3 is 4. The molecule has 9 heteroatoms. The van der Waals surface area contributed by atoms with Gasteiger partial charge in [-0.2, -0.15) is 0 Å². The number of nitrogens with zero attached hydrogens (tertiary/aromatic N) is 2. The molecule has 0 aliphatic carbocycles. The standard InChI is InChI=1S/C28H31N3O6/c1-34-22-9-10-25(26(18-22)37-4)27(32)29-20-5-7-21(8-6-20)30-11-13-31(14-12-30)28(33)19-15-23(35-2)17-24(16-19)36-3/h5-10,15-18H,11-14H2,1-4H3,(H,29,32). The topological polar surface area (TPSA) is 89.6 Å². The van der Waals surface area contributed by atoms with Crippen LogP contribution in [0.1, 0.15) is 20.7 Å². The lowest BCUT2D eigenvalue weighted by atomic mass is 10.1. The Hall–Kier alpha value is -4.40. The molecule has 0 atom stereocenters. The molecule has 3 aromatic carbocycles. The van der Waals surface area contributed by atoms with Gasteiger partial charge in [0, 0.05) is 55.2 Å². The summed E-state index contributed by atoms with van der Waals surface area (Å²) in [5.41, 5.74) is 2.66. The number of carbonyl (C=O) groups is 2. The normalized spacial score (nSPS) is 13.1. The monoisotopic (exact) mass is 505 g/mol. The lowest BCUT2D eigenvalue weighted by Crippen LogP contribution is -2.48. The van der Waals surface area contributed by atoms with Gasteiger partial charge >= 0.3 is 0 Å². The predicted octanol–water partition coefficient (Wildman–Crippen LogP) is 3.94. The van der Waals surface area contributed by atoms with E-state index >= 15 is 0 Å². The average molecular weight is 506 g/mol. The maximum Gasteiger partial charge on any atom is 0.259 e. The molecule has 1 aliphatic rings. The SMILES string of the molecule is COc1cc(OC)cc(C(=O)N2CCN(c3ccc(NC(=O)c4ccc(OC)cc4OC)cc3)CC2)c1. The van der Waals surface area contributed by atoms with Crippen LogP contribution in [-0.4, -0.2) is 71.3 Å². The van der Waals surface area contributed by atoms with Gasteiger partial charge in [0.1, 0.15) is 23.0 Å². The minimum absolute atomic E-state index is 0.0520. The third kappa shape index (κ3) is 5.88. The highest BCUT2D eigenvalue weighted by Gasteiger charge is 2.23. The lowest BCUT2D eigenvalue weighted by molar-refractivity contribution is 0.0746. The molecule has 0 saturated carbocycles. The van der Waals surface area contributed by atoms with Crippen molar-refractivity contribution in [2.75, 3.05) is 64.8 Å². The third-order valence-corrected chi connectivity index (χ3v) is 6.31. The van der Waals surface area contributed by atoms with E-state index in [-0.39, 0.29) is 11.8 Å². The fraction of sp³-hybridized carbons (Fsp3) is 0.286. The van der Waals surface area contributed by atoms with Crippen LogP contribution in [0.25, 0.3) is 0 Å². The van der Waals surface area contributed by atoms with Crippen molar-refractivity contribution in [2.24, 2.45) is 0 Å². The Balaban J connectivity index is 1.36. The van der Waals surface area contributed by atoms with Crippen molar-refractivity contribution in [3.63, 3.8) is 0 Å². The molecule has 0 spiro atoms. The highest BCUT2D eigenvalue weighted by atomic mass is 16.5. The Bertz CT molecular complexity index is 1230. The molecule has 0 unspecified atom stereocenters. The van der Waals surface area contributed by atoms with Crippen molar-refractivity contribution in [3.05, 3.63) is 71.8 Å². The van der Waals surface area contributed by atoms with Crippen LogP contribution >= 0.6 is 0 Å². The smallest absolute Gasteiger partial charge is 0.259 e. The Morgan fingerprint density at radius 3 is 1.89 bits per heavy atom. The number of benzene rings is 3. The molecule has 1 fully saturated rings. The zero-order valence-electron chi connectivity index (χ0n) is 21.4. The number of ether oxygens (including phenoxy) is 4. The summed E-state index contributed by atoms with van der Waals surface area (Å²) in [4.78, 5) is 29.9. The maximum atomic E-state index is 13.1. The van der Waals surface area contributed by atoms with Crippen molar-refractivity contribution in [1.29, 1.82) is 0 Å². The van der Waals surface area contributed by atoms with Gasteiger partial charge in [0.05, 0.1) is 34.0 Å².